The molecule has 1 fully saturated rings. The maximum atomic E-state index is 11.0. The highest BCUT2D eigenvalue weighted by molar-refractivity contribution is 5.89. The van der Waals surface area contributed by atoms with Crippen molar-refractivity contribution in [2.24, 2.45) is 0 Å². The molecule has 0 bridgehead atoms. The topological polar surface area (TPSA) is 107 Å². The first kappa shape index (κ1) is 14.4. The van der Waals surface area contributed by atoms with Crippen molar-refractivity contribution in [1.82, 2.24) is 9.78 Å². The Morgan fingerprint density at radius 1 is 1.55 bits per heavy atom. The lowest BCUT2D eigenvalue weighted by Gasteiger charge is -2.27. The number of hydrogen-bond donors (Lipinski definition) is 1. The molecule has 8 heteroatoms. The van der Waals surface area contributed by atoms with E-state index in [1.807, 2.05) is 27.7 Å². The summed E-state index contributed by atoms with van der Waals surface area (Å²) < 4.78 is 7.24. The van der Waals surface area contributed by atoms with Crippen LogP contribution in [0, 0.1) is 10.1 Å². The molecule has 2 rings (SSSR count). The molecular weight excluding hydrogens is 266 g/mol. The van der Waals surface area contributed by atoms with Gasteiger partial charge < -0.3 is 9.84 Å². The lowest BCUT2D eigenvalue weighted by molar-refractivity contribution is -0.385. The summed E-state index contributed by atoms with van der Waals surface area (Å²) in [6.45, 7) is 7.57. The SMILES string of the molecule is CC1(C)CC(n2cc([N+](=O)[O-])c(C(=O)O)n2)C(C)(C)O1. The number of nitro groups is 1. The lowest BCUT2D eigenvalue weighted by atomic mass is 9.95. The number of carboxylic acids is 1. The van der Waals surface area contributed by atoms with Crippen molar-refractivity contribution in [3.05, 3.63) is 22.0 Å². The van der Waals surface area contributed by atoms with Gasteiger partial charge in [-0.25, -0.2) is 4.79 Å². The zero-order valence-electron chi connectivity index (χ0n) is 11.8. The fraction of sp³-hybridized carbons (Fsp3) is 0.667. The van der Waals surface area contributed by atoms with Crippen LogP contribution >= 0.6 is 0 Å². The van der Waals surface area contributed by atoms with Crippen LogP contribution in [0.5, 0.6) is 0 Å². The van der Waals surface area contributed by atoms with Crippen LogP contribution in [0.1, 0.15) is 50.6 Å². The Hall–Kier alpha value is -1.96. The van der Waals surface area contributed by atoms with Crippen molar-refractivity contribution in [2.45, 2.75) is 51.4 Å². The number of hydrogen-bond acceptors (Lipinski definition) is 5. The van der Waals surface area contributed by atoms with Gasteiger partial charge in [0.05, 0.1) is 22.2 Å². The number of ether oxygens (including phenoxy) is 1. The monoisotopic (exact) mass is 283 g/mol. The second-order valence-corrected chi connectivity index (χ2v) is 6.09. The van der Waals surface area contributed by atoms with Crippen LogP contribution in [0.25, 0.3) is 0 Å². The maximum absolute atomic E-state index is 11.0. The molecular formula is C12H17N3O5. The quantitative estimate of drug-likeness (QED) is 0.671. The minimum absolute atomic E-state index is 0.260. The second-order valence-electron chi connectivity index (χ2n) is 6.09. The van der Waals surface area contributed by atoms with Gasteiger partial charge in [-0.05, 0) is 27.7 Å². The summed E-state index contributed by atoms with van der Waals surface area (Å²) in [5.74, 6) is -1.41. The summed E-state index contributed by atoms with van der Waals surface area (Å²) in [7, 11) is 0. The van der Waals surface area contributed by atoms with E-state index in [-0.39, 0.29) is 6.04 Å². The van der Waals surface area contributed by atoms with E-state index in [1.54, 1.807) is 0 Å². The molecule has 1 aromatic heterocycles. The van der Waals surface area contributed by atoms with Gasteiger partial charge in [-0.3, -0.25) is 14.8 Å². The predicted molar refractivity (Wildman–Crippen MR) is 68.7 cm³/mol. The van der Waals surface area contributed by atoms with E-state index < -0.39 is 33.5 Å². The summed E-state index contributed by atoms with van der Waals surface area (Å²) in [6.07, 6.45) is 1.76. The summed E-state index contributed by atoms with van der Waals surface area (Å²) in [5, 5.41) is 23.8. The van der Waals surface area contributed by atoms with Gasteiger partial charge in [0.25, 0.3) is 0 Å². The van der Waals surface area contributed by atoms with E-state index >= 15 is 0 Å². The average Bonchev–Trinajstić information content (AvgIpc) is 2.76. The molecule has 110 valence electrons. The fourth-order valence-corrected chi connectivity index (χ4v) is 2.77. The maximum Gasteiger partial charge on any atom is 0.363 e. The van der Waals surface area contributed by atoms with E-state index in [4.69, 9.17) is 9.84 Å². The minimum Gasteiger partial charge on any atom is -0.476 e. The first-order valence-corrected chi connectivity index (χ1v) is 6.20. The van der Waals surface area contributed by atoms with Gasteiger partial charge in [0.2, 0.25) is 5.69 Å². The molecule has 1 aliphatic heterocycles. The van der Waals surface area contributed by atoms with Crippen LogP contribution in [0.2, 0.25) is 0 Å². The first-order valence-electron chi connectivity index (χ1n) is 6.20. The van der Waals surface area contributed by atoms with Crippen LogP contribution in [0.15, 0.2) is 6.20 Å². The fourth-order valence-electron chi connectivity index (χ4n) is 2.77. The highest BCUT2D eigenvalue weighted by Gasteiger charge is 2.48. The molecule has 1 unspecified atom stereocenters. The number of carboxylic acid groups (broad SMARTS) is 1. The highest BCUT2D eigenvalue weighted by Crippen LogP contribution is 2.45. The largest absolute Gasteiger partial charge is 0.476 e. The zero-order chi connectivity index (χ0) is 15.3. The van der Waals surface area contributed by atoms with Crippen LogP contribution in [0.4, 0.5) is 5.69 Å². The average molecular weight is 283 g/mol. The molecule has 0 radical (unpaired) electrons. The van der Waals surface area contributed by atoms with Gasteiger partial charge in [0, 0.05) is 6.42 Å². The zero-order valence-corrected chi connectivity index (χ0v) is 11.8. The highest BCUT2D eigenvalue weighted by atomic mass is 16.6. The summed E-state index contributed by atoms with van der Waals surface area (Å²) >= 11 is 0. The molecule has 2 heterocycles. The number of aromatic carboxylic acids is 1. The van der Waals surface area contributed by atoms with E-state index in [1.165, 1.54) is 10.9 Å². The molecule has 20 heavy (non-hydrogen) atoms. The standard InChI is InChI=1S/C12H17N3O5/c1-11(2)5-8(12(3,4)20-11)14-6-7(15(18)19)9(13-14)10(16)17/h6,8H,5H2,1-4H3,(H,16,17). The summed E-state index contributed by atoms with van der Waals surface area (Å²) in [4.78, 5) is 21.2. The van der Waals surface area contributed by atoms with E-state index in [2.05, 4.69) is 5.10 Å². The number of rotatable bonds is 3. The Bertz CT molecular complexity index is 544. The third-order valence-corrected chi connectivity index (χ3v) is 3.46. The normalized spacial score (nSPS) is 23.7. The minimum atomic E-state index is -1.41. The number of carbonyl (C=O) groups is 1. The molecule has 1 atom stereocenters. The van der Waals surface area contributed by atoms with Gasteiger partial charge >= 0.3 is 11.7 Å². The third-order valence-electron chi connectivity index (χ3n) is 3.46. The second kappa shape index (κ2) is 4.27. The van der Waals surface area contributed by atoms with E-state index in [0.717, 1.165) is 0 Å². The van der Waals surface area contributed by atoms with Gasteiger partial charge in [0.1, 0.15) is 6.20 Å². The van der Waals surface area contributed by atoms with Gasteiger partial charge in [0.15, 0.2) is 0 Å². The Morgan fingerprint density at radius 2 is 2.15 bits per heavy atom. The van der Waals surface area contributed by atoms with Crippen molar-refractivity contribution >= 4 is 11.7 Å². The number of aromatic nitrogens is 2. The van der Waals surface area contributed by atoms with E-state index in [9.17, 15) is 14.9 Å². The number of nitrogens with zero attached hydrogens (tertiary/aromatic N) is 3. The molecule has 1 aromatic rings. The van der Waals surface area contributed by atoms with Gasteiger partial charge in [-0.2, -0.15) is 5.10 Å². The third kappa shape index (κ3) is 2.38. The Kier molecular flexibility index (Phi) is 3.09. The molecule has 8 nitrogen and oxygen atoms in total. The van der Waals surface area contributed by atoms with Crippen LogP contribution in [-0.4, -0.2) is 37.0 Å². The van der Waals surface area contributed by atoms with Crippen molar-refractivity contribution in [1.29, 1.82) is 0 Å². The summed E-state index contributed by atoms with van der Waals surface area (Å²) in [5.41, 5.74) is -2.02. The summed E-state index contributed by atoms with van der Waals surface area (Å²) in [6, 6.07) is -0.260. The molecule has 1 aliphatic rings. The van der Waals surface area contributed by atoms with Gasteiger partial charge in [-0.15, -0.1) is 0 Å². The molecule has 0 aromatic carbocycles. The molecule has 0 amide bonds. The van der Waals surface area contributed by atoms with Crippen molar-refractivity contribution in [3.63, 3.8) is 0 Å². The van der Waals surface area contributed by atoms with Crippen molar-refractivity contribution in [3.8, 4) is 0 Å². The first-order chi connectivity index (χ1) is 9.03. The smallest absolute Gasteiger partial charge is 0.363 e. The molecule has 1 saturated heterocycles. The molecule has 1 N–H and O–H groups in total. The molecule has 0 saturated carbocycles. The Morgan fingerprint density at radius 3 is 2.50 bits per heavy atom. The predicted octanol–water partition coefficient (Wildman–Crippen LogP) is 2.01. The van der Waals surface area contributed by atoms with Gasteiger partial charge in [-0.1, -0.05) is 0 Å². The van der Waals surface area contributed by atoms with Crippen LogP contribution < -0.4 is 0 Å². The van der Waals surface area contributed by atoms with Crippen molar-refractivity contribution < 1.29 is 19.6 Å². The van der Waals surface area contributed by atoms with Crippen LogP contribution in [-0.2, 0) is 4.74 Å². The van der Waals surface area contributed by atoms with E-state index in [0.29, 0.717) is 6.42 Å². The Balaban J connectivity index is 2.46. The molecule has 0 aliphatic carbocycles. The van der Waals surface area contributed by atoms with Crippen LogP contribution in [0.3, 0.4) is 0 Å². The Labute approximate surface area is 115 Å². The molecule has 0 spiro atoms. The van der Waals surface area contributed by atoms with Crippen molar-refractivity contribution in [2.75, 3.05) is 0 Å². The lowest BCUT2D eigenvalue weighted by Crippen LogP contribution is -2.31.